The highest BCUT2D eigenvalue weighted by Crippen LogP contribution is 2.22. The highest BCUT2D eigenvalue weighted by Gasteiger charge is 2.31. The van der Waals surface area contributed by atoms with Gasteiger partial charge in [0.15, 0.2) is 17.3 Å². The lowest BCUT2D eigenvalue weighted by Crippen LogP contribution is -2.27. The zero-order valence-corrected chi connectivity index (χ0v) is 15.4. The van der Waals surface area contributed by atoms with Crippen LogP contribution in [0.3, 0.4) is 0 Å². The first-order valence-corrected chi connectivity index (χ1v) is 8.93. The van der Waals surface area contributed by atoms with Crippen molar-refractivity contribution in [2.45, 2.75) is 6.42 Å². The van der Waals surface area contributed by atoms with Crippen LogP contribution in [0.2, 0.25) is 0 Å². The second-order valence-electron chi connectivity index (χ2n) is 6.44. The summed E-state index contributed by atoms with van der Waals surface area (Å²) in [6, 6.07) is 21.7. The van der Waals surface area contributed by atoms with Crippen LogP contribution in [-0.2, 0) is 0 Å². The number of nitro benzene ring substituents is 1. The van der Waals surface area contributed by atoms with E-state index in [9.17, 15) is 24.5 Å². The van der Waals surface area contributed by atoms with Crippen LogP contribution in [0.4, 0.5) is 5.69 Å². The molecule has 0 heterocycles. The van der Waals surface area contributed by atoms with E-state index in [-0.39, 0.29) is 23.5 Å². The molecule has 3 aromatic rings. The SMILES string of the molecule is O=C(CC(C(=O)c1ccccc1)C(=O)c1ccc([N+](=O)[O-])cc1)c1ccccc1. The Hall–Kier alpha value is -3.93. The Balaban J connectivity index is 1.93. The van der Waals surface area contributed by atoms with Crippen LogP contribution < -0.4 is 0 Å². The minimum Gasteiger partial charge on any atom is -0.294 e. The van der Waals surface area contributed by atoms with Crippen LogP contribution in [0.1, 0.15) is 37.5 Å². The Morgan fingerprint density at radius 3 is 1.62 bits per heavy atom. The summed E-state index contributed by atoms with van der Waals surface area (Å²) in [7, 11) is 0. The predicted molar refractivity (Wildman–Crippen MR) is 107 cm³/mol. The van der Waals surface area contributed by atoms with Gasteiger partial charge >= 0.3 is 0 Å². The van der Waals surface area contributed by atoms with Crippen LogP contribution >= 0.6 is 0 Å². The first-order chi connectivity index (χ1) is 14.0. The fourth-order valence-electron chi connectivity index (χ4n) is 2.98. The second kappa shape index (κ2) is 8.84. The van der Waals surface area contributed by atoms with Gasteiger partial charge in [-0.05, 0) is 12.1 Å². The molecule has 0 aliphatic heterocycles. The van der Waals surface area contributed by atoms with Gasteiger partial charge in [-0.2, -0.15) is 0 Å². The maximum atomic E-state index is 13.1. The number of benzene rings is 3. The largest absolute Gasteiger partial charge is 0.294 e. The molecule has 29 heavy (non-hydrogen) atoms. The number of nitro groups is 1. The highest BCUT2D eigenvalue weighted by atomic mass is 16.6. The lowest BCUT2D eigenvalue weighted by molar-refractivity contribution is -0.384. The van der Waals surface area contributed by atoms with E-state index in [1.54, 1.807) is 60.7 Å². The molecule has 0 bridgehead atoms. The number of carbonyl (C=O) groups excluding carboxylic acids is 3. The molecule has 3 aromatic carbocycles. The third-order valence-corrected chi connectivity index (χ3v) is 4.54. The average molecular weight is 387 g/mol. The van der Waals surface area contributed by atoms with Crippen LogP contribution in [0.15, 0.2) is 84.9 Å². The smallest absolute Gasteiger partial charge is 0.269 e. The predicted octanol–water partition coefficient (Wildman–Crippen LogP) is 4.55. The van der Waals surface area contributed by atoms with E-state index in [1.807, 2.05) is 0 Å². The summed E-state index contributed by atoms with van der Waals surface area (Å²) in [5.74, 6) is -2.54. The Morgan fingerprint density at radius 1 is 0.690 bits per heavy atom. The van der Waals surface area contributed by atoms with Gasteiger partial charge in [0.1, 0.15) is 0 Å². The topological polar surface area (TPSA) is 94.3 Å². The minimum atomic E-state index is -1.22. The molecule has 1 atom stereocenters. The van der Waals surface area contributed by atoms with E-state index in [4.69, 9.17) is 0 Å². The molecule has 144 valence electrons. The van der Waals surface area contributed by atoms with E-state index >= 15 is 0 Å². The van der Waals surface area contributed by atoms with E-state index in [0.717, 1.165) is 0 Å². The Morgan fingerprint density at radius 2 is 1.14 bits per heavy atom. The van der Waals surface area contributed by atoms with Crippen LogP contribution in [-0.4, -0.2) is 22.3 Å². The number of non-ortho nitro benzene ring substituents is 1. The zero-order valence-electron chi connectivity index (χ0n) is 15.4. The molecule has 0 aliphatic rings. The first kappa shape index (κ1) is 19.8. The molecule has 1 unspecified atom stereocenters. The molecule has 0 N–H and O–H groups in total. The number of ketones is 3. The Kier molecular flexibility index (Phi) is 6.04. The molecule has 6 nitrogen and oxygen atoms in total. The van der Waals surface area contributed by atoms with Crippen molar-refractivity contribution in [1.29, 1.82) is 0 Å². The molecule has 0 aliphatic carbocycles. The summed E-state index contributed by atoms with van der Waals surface area (Å²) in [4.78, 5) is 49.0. The van der Waals surface area contributed by atoms with Crippen molar-refractivity contribution in [3.8, 4) is 0 Å². The summed E-state index contributed by atoms with van der Waals surface area (Å²) >= 11 is 0. The van der Waals surface area contributed by atoms with Crippen molar-refractivity contribution in [3.05, 3.63) is 112 Å². The van der Waals surface area contributed by atoms with E-state index in [1.165, 1.54) is 24.3 Å². The third-order valence-electron chi connectivity index (χ3n) is 4.54. The van der Waals surface area contributed by atoms with Gasteiger partial charge in [0.05, 0.1) is 10.8 Å². The lowest BCUT2D eigenvalue weighted by Gasteiger charge is -2.15. The van der Waals surface area contributed by atoms with Gasteiger partial charge in [-0.1, -0.05) is 60.7 Å². The average Bonchev–Trinajstić information content (AvgIpc) is 2.77. The van der Waals surface area contributed by atoms with Crippen molar-refractivity contribution in [2.75, 3.05) is 0 Å². The number of hydrogen-bond acceptors (Lipinski definition) is 5. The summed E-state index contributed by atoms with van der Waals surface area (Å²) in [6.45, 7) is 0. The van der Waals surface area contributed by atoms with Crippen molar-refractivity contribution < 1.29 is 19.3 Å². The number of Topliss-reactive ketones (excluding diaryl/α,β-unsaturated/α-hetero) is 3. The lowest BCUT2D eigenvalue weighted by atomic mass is 9.85. The minimum absolute atomic E-state index is 0.144. The Labute approximate surface area is 167 Å². The van der Waals surface area contributed by atoms with Gasteiger partial charge in [0.25, 0.3) is 5.69 Å². The van der Waals surface area contributed by atoms with Gasteiger partial charge in [-0.15, -0.1) is 0 Å². The van der Waals surface area contributed by atoms with E-state index in [2.05, 4.69) is 0 Å². The maximum absolute atomic E-state index is 13.1. The zero-order chi connectivity index (χ0) is 20.8. The highest BCUT2D eigenvalue weighted by molar-refractivity contribution is 6.18. The molecule has 0 amide bonds. The van der Waals surface area contributed by atoms with Crippen LogP contribution in [0.25, 0.3) is 0 Å². The molecule has 0 radical (unpaired) electrons. The van der Waals surface area contributed by atoms with Gasteiger partial charge in [-0.3, -0.25) is 24.5 Å². The summed E-state index contributed by atoms with van der Waals surface area (Å²) in [5.41, 5.74) is 0.724. The number of rotatable bonds is 8. The van der Waals surface area contributed by atoms with Crippen molar-refractivity contribution in [2.24, 2.45) is 5.92 Å². The number of hydrogen-bond donors (Lipinski definition) is 0. The third kappa shape index (κ3) is 4.68. The second-order valence-corrected chi connectivity index (χ2v) is 6.44. The molecular formula is C23H17NO5. The number of nitrogens with zero attached hydrogens (tertiary/aromatic N) is 1. The van der Waals surface area contributed by atoms with Gasteiger partial charge < -0.3 is 0 Å². The van der Waals surface area contributed by atoms with Crippen molar-refractivity contribution in [3.63, 3.8) is 0 Å². The standard InChI is InChI=1S/C23H17NO5/c25-21(16-7-3-1-4-8-16)15-20(22(26)17-9-5-2-6-10-17)23(27)18-11-13-19(14-12-18)24(28)29/h1-14,20H,15H2. The van der Waals surface area contributed by atoms with E-state index in [0.29, 0.717) is 11.1 Å². The molecule has 3 rings (SSSR count). The molecular weight excluding hydrogens is 370 g/mol. The maximum Gasteiger partial charge on any atom is 0.269 e. The Bertz CT molecular complexity index is 1040. The molecule has 0 saturated carbocycles. The summed E-state index contributed by atoms with van der Waals surface area (Å²) < 4.78 is 0. The normalized spacial score (nSPS) is 11.4. The van der Waals surface area contributed by atoms with Crippen LogP contribution in [0.5, 0.6) is 0 Å². The molecule has 0 saturated heterocycles. The quantitative estimate of drug-likeness (QED) is 0.245. The fourth-order valence-corrected chi connectivity index (χ4v) is 2.98. The van der Waals surface area contributed by atoms with Crippen molar-refractivity contribution in [1.82, 2.24) is 0 Å². The summed E-state index contributed by atoms with van der Waals surface area (Å²) in [6.07, 6.45) is -0.284. The molecule has 0 fully saturated rings. The van der Waals surface area contributed by atoms with Crippen molar-refractivity contribution >= 4 is 23.0 Å². The van der Waals surface area contributed by atoms with Gasteiger partial charge in [0, 0.05) is 35.2 Å². The van der Waals surface area contributed by atoms with Gasteiger partial charge in [-0.25, -0.2) is 0 Å². The molecule has 0 aromatic heterocycles. The molecule has 6 heteroatoms. The monoisotopic (exact) mass is 387 g/mol. The fraction of sp³-hybridized carbons (Fsp3) is 0.0870. The molecule has 0 spiro atoms. The van der Waals surface area contributed by atoms with Crippen LogP contribution in [0, 0.1) is 16.0 Å². The first-order valence-electron chi connectivity index (χ1n) is 8.93. The van der Waals surface area contributed by atoms with Gasteiger partial charge in [0.2, 0.25) is 0 Å². The summed E-state index contributed by atoms with van der Waals surface area (Å²) in [5, 5.41) is 10.8. The number of carbonyl (C=O) groups is 3. The van der Waals surface area contributed by atoms with E-state index < -0.39 is 22.4 Å².